The Balaban J connectivity index is 2.18. The minimum absolute atomic E-state index is 0.156. The normalized spacial score (nSPS) is 13.0. The molecule has 1 fully saturated rings. The van der Waals surface area contributed by atoms with Crippen molar-refractivity contribution >= 4 is 5.91 Å². The van der Waals surface area contributed by atoms with Gasteiger partial charge in [0.1, 0.15) is 5.82 Å². The van der Waals surface area contributed by atoms with E-state index in [1.54, 1.807) is 11.0 Å². The monoisotopic (exact) mass is 285 g/mol. The lowest BCUT2D eigenvalue weighted by molar-refractivity contribution is 0.0746. The van der Waals surface area contributed by atoms with Gasteiger partial charge in [-0.2, -0.15) is 5.26 Å². The number of nitrogens with two attached hydrogens (primary N) is 1. The molecule has 0 aliphatic heterocycles. The number of hydrogen-bond donors (Lipinski definition) is 1. The number of hydrogen-bond acceptors (Lipinski definition) is 3. The van der Waals surface area contributed by atoms with Crippen molar-refractivity contribution in [3.63, 3.8) is 0 Å². The first-order chi connectivity index (χ1) is 10.2. The Morgan fingerprint density at radius 3 is 2.81 bits per heavy atom. The average molecular weight is 285 g/mol. The van der Waals surface area contributed by atoms with Crippen molar-refractivity contribution in [1.82, 2.24) is 4.90 Å². The number of nitrogens with zero attached hydrogens (tertiary/aromatic N) is 2. The summed E-state index contributed by atoms with van der Waals surface area (Å²) in [7, 11) is 0. The second kappa shape index (κ2) is 6.88. The van der Waals surface area contributed by atoms with E-state index < -0.39 is 5.82 Å². The van der Waals surface area contributed by atoms with E-state index in [4.69, 9.17) is 11.0 Å². The van der Waals surface area contributed by atoms with Gasteiger partial charge in [-0.15, -0.1) is 0 Å². The Bertz CT molecular complexity index is 635. The molecule has 2 N–H and O–H groups in total. The highest BCUT2D eigenvalue weighted by molar-refractivity contribution is 5.94. The minimum Gasteiger partial charge on any atom is -0.335 e. The first-order valence-electron chi connectivity index (χ1n) is 6.83. The van der Waals surface area contributed by atoms with Crippen molar-refractivity contribution in [2.24, 2.45) is 5.73 Å². The predicted molar refractivity (Wildman–Crippen MR) is 76.6 cm³/mol. The topological polar surface area (TPSA) is 70.1 Å². The maximum Gasteiger partial charge on any atom is 0.254 e. The van der Waals surface area contributed by atoms with Crippen molar-refractivity contribution in [3.8, 4) is 17.9 Å². The smallest absolute Gasteiger partial charge is 0.254 e. The van der Waals surface area contributed by atoms with Gasteiger partial charge in [-0.25, -0.2) is 4.39 Å². The van der Waals surface area contributed by atoms with E-state index in [9.17, 15) is 9.18 Å². The third-order valence-corrected chi connectivity index (χ3v) is 3.25. The second-order valence-electron chi connectivity index (χ2n) is 4.84. The molecule has 108 valence electrons. The first-order valence-corrected chi connectivity index (χ1v) is 6.83. The molecule has 0 unspecified atom stereocenters. The van der Waals surface area contributed by atoms with E-state index in [1.807, 2.05) is 6.07 Å². The van der Waals surface area contributed by atoms with Crippen LogP contribution in [0.5, 0.6) is 0 Å². The van der Waals surface area contributed by atoms with Crippen LogP contribution in [0.25, 0.3) is 0 Å². The van der Waals surface area contributed by atoms with Gasteiger partial charge in [0.25, 0.3) is 5.91 Å². The SMILES string of the molecule is N#CCCN(C(=O)c1ccc(C#CCN)c(F)c1)C1CC1. The molecule has 0 saturated heterocycles. The molecule has 0 bridgehead atoms. The van der Waals surface area contributed by atoms with E-state index in [2.05, 4.69) is 11.8 Å². The number of amides is 1. The third-order valence-electron chi connectivity index (χ3n) is 3.25. The van der Waals surface area contributed by atoms with E-state index in [1.165, 1.54) is 12.1 Å². The molecule has 1 amide bonds. The molecule has 1 aromatic rings. The lowest BCUT2D eigenvalue weighted by atomic mass is 10.1. The predicted octanol–water partition coefficient (Wildman–Crippen LogP) is 1.65. The summed E-state index contributed by atoms with van der Waals surface area (Å²) in [4.78, 5) is 14.1. The van der Waals surface area contributed by atoms with Crippen LogP contribution in [0.3, 0.4) is 0 Å². The molecule has 0 atom stereocenters. The van der Waals surface area contributed by atoms with Crippen LogP contribution in [0.2, 0.25) is 0 Å². The lowest BCUT2D eigenvalue weighted by Gasteiger charge is -2.21. The molecule has 1 aliphatic carbocycles. The summed E-state index contributed by atoms with van der Waals surface area (Å²) in [5, 5.41) is 8.66. The van der Waals surface area contributed by atoms with Crippen LogP contribution < -0.4 is 5.73 Å². The van der Waals surface area contributed by atoms with Gasteiger partial charge in [-0.05, 0) is 31.0 Å². The number of benzene rings is 1. The Labute approximate surface area is 123 Å². The summed E-state index contributed by atoms with van der Waals surface area (Å²) >= 11 is 0. The fourth-order valence-corrected chi connectivity index (χ4v) is 2.07. The van der Waals surface area contributed by atoms with Crippen LogP contribution in [0.4, 0.5) is 4.39 Å². The van der Waals surface area contributed by atoms with Crippen molar-refractivity contribution in [2.75, 3.05) is 13.1 Å². The van der Waals surface area contributed by atoms with Crippen LogP contribution in [-0.4, -0.2) is 29.9 Å². The molecule has 1 aliphatic rings. The maximum absolute atomic E-state index is 13.9. The van der Waals surface area contributed by atoms with Gasteiger partial charge < -0.3 is 10.6 Å². The zero-order chi connectivity index (χ0) is 15.2. The highest BCUT2D eigenvalue weighted by atomic mass is 19.1. The summed E-state index contributed by atoms with van der Waals surface area (Å²) in [5.74, 6) is 4.44. The second-order valence-corrected chi connectivity index (χ2v) is 4.84. The molecule has 0 heterocycles. The fourth-order valence-electron chi connectivity index (χ4n) is 2.07. The zero-order valence-electron chi connectivity index (χ0n) is 11.6. The first kappa shape index (κ1) is 15.0. The fraction of sp³-hybridized carbons (Fsp3) is 0.375. The molecular weight excluding hydrogens is 269 g/mol. The van der Waals surface area contributed by atoms with E-state index >= 15 is 0 Å². The molecule has 21 heavy (non-hydrogen) atoms. The Morgan fingerprint density at radius 2 is 2.24 bits per heavy atom. The van der Waals surface area contributed by atoms with Gasteiger partial charge in [0.05, 0.1) is 24.6 Å². The quantitative estimate of drug-likeness (QED) is 0.855. The van der Waals surface area contributed by atoms with Crippen molar-refractivity contribution in [3.05, 3.63) is 35.1 Å². The van der Waals surface area contributed by atoms with Crippen LogP contribution in [0.1, 0.15) is 35.2 Å². The number of halogens is 1. The van der Waals surface area contributed by atoms with Gasteiger partial charge in [0, 0.05) is 18.2 Å². The average Bonchev–Trinajstić information content (AvgIpc) is 3.31. The molecule has 0 spiro atoms. The molecule has 1 aromatic carbocycles. The molecule has 1 saturated carbocycles. The van der Waals surface area contributed by atoms with Gasteiger partial charge >= 0.3 is 0 Å². The summed E-state index contributed by atoms with van der Waals surface area (Å²) < 4.78 is 13.9. The summed E-state index contributed by atoms with van der Waals surface area (Å²) in [5.41, 5.74) is 5.76. The summed E-state index contributed by atoms with van der Waals surface area (Å²) in [6.07, 6.45) is 2.17. The largest absolute Gasteiger partial charge is 0.335 e. The van der Waals surface area contributed by atoms with E-state index in [-0.39, 0.29) is 36.0 Å². The zero-order valence-corrected chi connectivity index (χ0v) is 11.6. The molecule has 2 rings (SSSR count). The summed E-state index contributed by atoms with van der Waals surface area (Å²) in [6.45, 7) is 0.542. The lowest BCUT2D eigenvalue weighted by Crippen LogP contribution is -2.34. The van der Waals surface area contributed by atoms with Crippen LogP contribution in [-0.2, 0) is 0 Å². The van der Waals surface area contributed by atoms with Gasteiger partial charge in [-0.3, -0.25) is 4.79 Å². The van der Waals surface area contributed by atoms with Gasteiger partial charge in [0.2, 0.25) is 0 Å². The van der Waals surface area contributed by atoms with Crippen LogP contribution >= 0.6 is 0 Å². The molecular formula is C16H16FN3O. The van der Waals surface area contributed by atoms with Crippen LogP contribution in [0, 0.1) is 29.0 Å². The van der Waals surface area contributed by atoms with Gasteiger partial charge in [-0.1, -0.05) is 11.8 Å². The molecule has 0 aromatic heterocycles. The highest BCUT2D eigenvalue weighted by Gasteiger charge is 2.32. The molecule has 5 heteroatoms. The van der Waals surface area contributed by atoms with Gasteiger partial charge in [0.15, 0.2) is 0 Å². The number of rotatable bonds is 4. The number of nitriles is 1. The van der Waals surface area contributed by atoms with E-state index in [0.717, 1.165) is 12.8 Å². The molecule has 4 nitrogen and oxygen atoms in total. The highest BCUT2D eigenvalue weighted by Crippen LogP contribution is 2.28. The Kier molecular flexibility index (Phi) is 4.92. The minimum atomic E-state index is -0.530. The number of carbonyl (C=O) groups excluding carboxylic acids is 1. The third kappa shape index (κ3) is 3.81. The number of carbonyl (C=O) groups is 1. The summed E-state index contributed by atoms with van der Waals surface area (Å²) in [6, 6.07) is 6.47. The van der Waals surface area contributed by atoms with E-state index in [0.29, 0.717) is 6.54 Å². The maximum atomic E-state index is 13.9. The Hall–Kier alpha value is -2.37. The standard InChI is InChI=1S/C16H16FN3O/c17-15-11-13(5-4-12(15)3-1-8-18)16(21)20(10-2-9-19)14-6-7-14/h4-5,11,14H,2,6-8,10,18H2. The van der Waals surface area contributed by atoms with Crippen molar-refractivity contribution in [2.45, 2.75) is 25.3 Å². The molecule has 0 radical (unpaired) electrons. The van der Waals surface area contributed by atoms with Crippen LogP contribution in [0.15, 0.2) is 18.2 Å². The van der Waals surface area contributed by atoms with Crippen molar-refractivity contribution in [1.29, 1.82) is 5.26 Å². The van der Waals surface area contributed by atoms with Crippen molar-refractivity contribution < 1.29 is 9.18 Å². The Morgan fingerprint density at radius 1 is 1.48 bits per heavy atom.